The van der Waals surface area contributed by atoms with Crippen molar-refractivity contribution < 1.29 is 19.4 Å². The summed E-state index contributed by atoms with van der Waals surface area (Å²) in [4.78, 5) is 15.2. The van der Waals surface area contributed by atoms with Gasteiger partial charge in [0.25, 0.3) is 0 Å². The number of para-hydroxylation sites is 2. The third-order valence-corrected chi connectivity index (χ3v) is 5.24. The Kier molecular flexibility index (Phi) is 9.71. The molecule has 2 unspecified atom stereocenters. The number of anilines is 1. The van der Waals surface area contributed by atoms with Crippen LogP contribution in [0.2, 0.25) is 5.02 Å². The zero-order valence-electron chi connectivity index (χ0n) is 17.4. The third kappa shape index (κ3) is 7.18. The number of benzene rings is 2. The SMILES string of the molecule is CCN(C(N)=O)c1ccccc1OCC(O)CN1CCC(Oc2ccc(Cl)cc2)C1.Cl. The van der Waals surface area contributed by atoms with E-state index in [1.807, 2.05) is 31.2 Å². The number of likely N-dealkylation sites (tertiary alicyclic amines) is 1. The fraction of sp³-hybridized carbons (Fsp3) is 0.409. The molecule has 9 heteroatoms. The van der Waals surface area contributed by atoms with Gasteiger partial charge in [-0.1, -0.05) is 23.7 Å². The lowest BCUT2D eigenvalue weighted by Crippen LogP contribution is -2.37. The van der Waals surface area contributed by atoms with E-state index in [9.17, 15) is 9.90 Å². The standard InChI is InChI=1S/C22H28ClN3O4.ClH/c1-2-26(22(24)28)20-5-3-4-6-21(20)29-15-17(27)13-25-12-11-19(14-25)30-18-9-7-16(23)8-10-18;/h3-10,17,19,27H,2,11-15H2,1H3,(H2,24,28);1H. The Hall–Kier alpha value is -2.19. The van der Waals surface area contributed by atoms with Crippen molar-refractivity contribution in [3.8, 4) is 11.5 Å². The number of carbonyl (C=O) groups excluding carboxylic acids is 1. The van der Waals surface area contributed by atoms with Crippen LogP contribution in [0.15, 0.2) is 48.5 Å². The van der Waals surface area contributed by atoms with Crippen molar-refractivity contribution in [3.63, 3.8) is 0 Å². The molecule has 0 saturated carbocycles. The number of hydrogen-bond donors (Lipinski definition) is 2. The van der Waals surface area contributed by atoms with Crippen LogP contribution in [0.3, 0.4) is 0 Å². The molecule has 2 aromatic rings. The van der Waals surface area contributed by atoms with Crippen LogP contribution < -0.4 is 20.1 Å². The van der Waals surface area contributed by atoms with E-state index in [0.717, 1.165) is 25.3 Å². The molecule has 31 heavy (non-hydrogen) atoms. The van der Waals surface area contributed by atoms with Crippen molar-refractivity contribution >= 4 is 35.7 Å². The first-order chi connectivity index (χ1) is 14.5. The lowest BCUT2D eigenvalue weighted by molar-refractivity contribution is 0.0722. The Morgan fingerprint density at radius 3 is 2.68 bits per heavy atom. The molecule has 0 spiro atoms. The van der Waals surface area contributed by atoms with Crippen LogP contribution in [0.25, 0.3) is 0 Å². The molecule has 1 saturated heterocycles. The summed E-state index contributed by atoms with van der Waals surface area (Å²) in [5.74, 6) is 1.31. The molecule has 7 nitrogen and oxygen atoms in total. The van der Waals surface area contributed by atoms with Crippen molar-refractivity contribution in [3.05, 3.63) is 53.6 Å². The number of β-amino-alcohol motifs (C(OH)–C–C–N with tert-alkyl or cyclic N) is 1. The van der Waals surface area contributed by atoms with Crippen LogP contribution in [0, 0.1) is 0 Å². The van der Waals surface area contributed by atoms with Crippen LogP contribution in [0.5, 0.6) is 11.5 Å². The van der Waals surface area contributed by atoms with E-state index < -0.39 is 12.1 Å². The number of ether oxygens (including phenoxy) is 2. The van der Waals surface area contributed by atoms with Gasteiger partial charge in [-0.15, -0.1) is 12.4 Å². The summed E-state index contributed by atoms with van der Waals surface area (Å²) in [7, 11) is 0. The zero-order valence-corrected chi connectivity index (χ0v) is 19.0. The number of amides is 2. The second-order valence-electron chi connectivity index (χ2n) is 7.26. The van der Waals surface area contributed by atoms with Crippen LogP contribution >= 0.6 is 24.0 Å². The Labute approximate surface area is 194 Å². The number of hydrogen-bond acceptors (Lipinski definition) is 5. The van der Waals surface area contributed by atoms with Crippen molar-refractivity contribution in [2.24, 2.45) is 5.73 Å². The molecule has 0 radical (unpaired) electrons. The predicted octanol–water partition coefficient (Wildman–Crippen LogP) is 3.56. The number of urea groups is 1. The molecule has 0 aromatic heterocycles. The Bertz CT molecular complexity index is 838. The fourth-order valence-corrected chi connectivity index (χ4v) is 3.67. The minimum atomic E-state index is -0.670. The molecule has 2 aromatic carbocycles. The van der Waals surface area contributed by atoms with Gasteiger partial charge in [-0.05, 0) is 49.7 Å². The second kappa shape index (κ2) is 12.0. The molecular formula is C22H29Cl2N3O4. The second-order valence-corrected chi connectivity index (χ2v) is 7.69. The molecule has 0 bridgehead atoms. The van der Waals surface area contributed by atoms with Crippen LogP contribution in [0.1, 0.15) is 13.3 Å². The summed E-state index contributed by atoms with van der Waals surface area (Å²) in [5.41, 5.74) is 6.04. The van der Waals surface area contributed by atoms with E-state index in [1.165, 1.54) is 4.90 Å². The highest BCUT2D eigenvalue weighted by Crippen LogP contribution is 2.28. The molecule has 3 N–H and O–H groups in total. The molecule has 1 fully saturated rings. The average molecular weight is 470 g/mol. The van der Waals surface area contributed by atoms with Gasteiger partial charge in [0, 0.05) is 31.2 Å². The first-order valence-corrected chi connectivity index (χ1v) is 10.5. The molecule has 2 amide bonds. The van der Waals surface area contributed by atoms with Gasteiger partial charge in [0.1, 0.15) is 30.3 Å². The molecule has 3 rings (SSSR count). The third-order valence-electron chi connectivity index (χ3n) is 4.98. The van der Waals surface area contributed by atoms with Gasteiger partial charge in [-0.2, -0.15) is 0 Å². The van der Waals surface area contributed by atoms with Crippen LogP contribution in [-0.2, 0) is 0 Å². The molecule has 1 aliphatic rings. The lowest BCUT2D eigenvalue weighted by Gasteiger charge is -2.23. The summed E-state index contributed by atoms with van der Waals surface area (Å²) < 4.78 is 11.8. The van der Waals surface area contributed by atoms with Gasteiger partial charge in [0.2, 0.25) is 0 Å². The number of halogens is 2. The van der Waals surface area contributed by atoms with E-state index in [-0.39, 0.29) is 25.1 Å². The normalized spacial score (nSPS) is 16.9. The molecule has 1 aliphatic heterocycles. The minimum Gasteiger partial charge on any atom is -0.489 e. The fourth-order valence-electron chi connectivity index (χ4n) is 3.55. The van der Waals surface area contributed by atoms with Crippen molar-refractivity contribution in [2.45, 2.75) is 25.6 Å². The highest BCUT2D eigenvalue weighted by Gasteiger charge is 2.26. The summed E-state index contributed by atoms with van der Waals surface area (Å²) in [5, 5.41) is 11.1. The van der Waals surface area contributed by atoms with Crippen molar-refractivity contribution in [2.75, 3.05) is 37.7 Å². The Morgan fingerprint density at radius 2 is 2.00 bits per heavy atom. The van der Waals surface area contributed by atoms with Crippen molar-refractivity contribution in [1.29, 1.82) is 0 Å². The smallest absolute Gasteiger partial charge is 0.319 e. The number of rotatable bonds is 9. The van der Waals surface area contributed by atoms with E-state index in [0.29, 0.717) is 29.5 Å². The lowest BCUT2D eigenvalue weighted by atomic mass is 10.2. The molecule has 170 valence electrons. The van der Waals surface area contributed by atoms with Gasteiger partial charge in [-0.3, -0.25) is 9.80 Å². The molecule has 0 aliphatic carbocycles. The van der Waals surface area contributed by atoms with E-state index >= 15 is 0 Å². The molecule has 1 heterocycles. The molecular weight excluding hydrogens is 441 g/mol. The maximum atomic E-state index is 11.6. The van der Waals surface area contributed by atoms with Gasteiger partial charge >= 0.3 is 6.03 Å². The highest BCUT2D eigenvalue weighted by atomic mass is 35.5. The first-order valence-electron chi connectivity index (χ1n) is 10.1. The number of carbonyl (C=O) groups is 1. The van der Waals surface area contributed by atoms with E-state index in [2.05, 4.69) is 4.90 Å². The number of primary amides is 1. The van der Waals surface area contributed by atoms with E-state index in [1.54, 1.807) is 24.3 Å². The molecule has 2 atom stereocenters. The monoisotopic (exact) mass is 469 g/mol. The van der Waals surface area contributed by atoms with Gasteiger partial charge < -0.3 is 20.3 Å². The van der Waals surface area contributed by atoms with Gasteiger partial charge in [0.05, 0.1) is 5.69 Å². The zero-order chi connectivity index (χ0) is 21.5. The Balaban J connectivity index is 0.00000341. The number of nitrogens with zero attached hydrogens (tertiary/aromatic N) is 2. The maximum absolute atomic E-state index is 11.6. The number of aliphatic hydroxyl groups is 1. The summed E-state index contributed by atoms with van der Waals surface area (Å²) in [6, 6.07) is 14.0. The van der Waals surface area contributed by atoms with Gasteiger partial charge in [0.15, 0.2) is 0 Å². The predicted molar refractivity (Wildman–Crippen MR) is 125 cm³/mol. The topological polar surface area (TPSA) is 88.3 Å². The maximum Gasteiger partial charge on any atom is 0.319 e. The first kappa shape index (κ1) is 25.1. The summed E-state index contributed by atoms with van der Waals surface area (Å²) in [6.07, 6.45) is 0.299. The van der Waals surface area contributed by atoms with Gasteiger partial charge in [-0.25, -0.2) is 4.79 Å². The summed E-state index contributed by atoms with van der Waals surface area (Å²) >= 11 is 5.90. The van der Waals surface area contributed by atoms with E-state index in [4.69, 9.17) is 26.8 Å². The number of aliphatic hydroxyl groups excluding tert-OH is 1. The van der Waals surface area contributed by atoms with Crippen LogP contribution in [-0.4, -0.2) is 61.0 Å². The Morgan fingerprint density at radius 1 is 1.29 bits per heavy atom. The minimum absolute atomic E-state index is 0. The van der Waals surface area contributed by atoms with Crippen molar-refractivity contribution in [1.82, 2.24) is 4.90 Å². The number of nitrogens with two attached hydrogens (primary N) is 1. The summed E-state index contributed by atoms with van der Waals surface area (Å²) in [6.45, 7) is 4.45. The largest absolute Gasteiger partial charge is 0.489 e. The highest BCUT2D eigenvalue weighted by molar-refractivity contribution is 6.30. The van der Waals surface area contributed by atoms with Crippen LogP contribution in [0.4, 0.5) is 10.5 Å². The average Bonchev–Trinajstić information content (AvgIpc) is 3.16. The quantitative estimate of drug-likeness (QED) is 0.585.